The molecule has 0 radical (unpaired) electrons. The van der Waals surface area contributed by atoms with Gasteiger partial charge in [-0.3, -0.25) is 0 Å². The van der Waals surface area contributed by atoms with Crippen LogP contribution in [0.3, 0.4) is 0 Å². The molecule has 0 atom stereocenters. The molecule has 3 N–H and O–H groups in total. The Morgan fingerprint density at radius 1 is 0.606 bits per heavy atom. The molecule has 202 valence electrons. The van der Waals surface area contributed by atoms with E-state index >= 15 is 0 Å². The minimum Gasteiger partial charge on any atom is -0.397 e. The van der Waals surface area contributed by atoms with E-state index in [-0.39, 0.29) is 6.61 Å². The molecule has 0 rings (SSSR count). The first-order chi connectivity index (χ1) is 13.9. The van der Waals surface area contributed by atoms with Crippen LogP contribution < -0.4 is 5.14 Å². The van der Waals surface area contributed by atoms with Gasteiger partial charge in [0.1, 0.15) is 0 Å². The van der Waals surface area contributed by atoms with Crippen LogP contribution >= 0.6 is 0 Å². The van der Waals surface area contributed by atoms with Crippen LogP contribution in [0.5, 0.6) is 0 Å². The summed E-state index contributed by atoms with van der Waals surface area (Å²) in [7, 11) is -6.49. The summed E-state index contributed by atoms with van der Waals surface area (Å²) in [5, 5.41) is 11.1. The van der Waals surface area contributed by atoms with Crippen molar-refractivity contribution in [2.75, 3.05) is 6.61 Å². The molecule has 0 heterocycles. The highest BCUT2D eigenvalue weighted by Crippen LogP contribution is 2.64. The summed E-state index contributed by atoms with van der Waals surface area (Å²) in [5.41, 5.74) is 0. The van der Waals surface area contributed by atoms with Crippen LogP contribution in [0.15, 0.2) is 0 Å². The van der Waals surface area contributed by atoms with Gasteiger partial charge in [-0.25, -0.2) is 5.14 Å². The van der Waals surface area contributed by atoms with Gasteiger partial charge >= 0.3 is 58.1 Å². The van der Waals surface area contributed by atoms with Gasteiger partial charge in [-0.2, -0.15) is 87.2 Å². The number of nitrogens with two attached hydrogens (primary N) is 1. The van der Waals surface area contributed by atoms with Crippen molar-refractivity contribution in [3.05, 3.63) is 0 Å². The molecular formula is C10H8F17NO4S. The number of hydrogen-bond donors (Lipinski definition) is 2. The van der Waals surface area contributed by atoms with Crippen molar-refractivity contribution in [1.29, 1.82) is 0 Å². The van der Waals surface area contributed by atoms with Crippen molar-refractivity contribution in [2.45, 2.75) is 54.7 Å². The average molecular weight is 561 g/mol. The molecule has 0 aromatic rings. The van der Waals surface area contributed by atoms with Crippen LogP contribution in [0.25, 0.3) is 0 Å². The van der Waals surface area contributed by atoms with Gasteiger partial charge in [0.25, 0.3) is 0 Å². The summed E-state index contributed by atoms with van der Waals surface area (Å²) < 4.78 is 238. The highest BCUT2D eigenvalue weighted by molar-refractivity contribution is 7.84. The molecule has 0 amide bonds. The summed E-state index contributed by atoms with van der Waals surface area (Å²) in [6, 6.07) is 0. The molecule has 0 aliphatic rings. The van der Waals surface area contributed by atoms with E-state index in [9.17, 15) is 83.1 Å². The molecule has 0 saturated carbocycles. The summed E-state index contributed by atoms with van der Waals surface area (Å²) in [5.74, 6) is -51.5. The number of aliphatic hydroxyl groups is 1. The van der Waals surface area contributed by atoms with Crippen molar-refractivity contribution >= 4 is 10.3 Å². The van der Waals surface area contributed by atoms with E-state index in [4.69, 9.17) is 5.11 Å². The lowest BCUT2D eigenvalue weighted by Crippen LogP contribution is -2.74. The quantitative estimate of drug-likeness (QED) is 0.436. The van der Waals surface area contributed by atoms with E-state index in [1.165, 1.54) is 0 Å². The zero-order valence-electron chi connectivity index (χ0n) is 14.8. The Morgan fingerprint density at radius 3 is 1.03 bits per heavy atom. The standard InChI is InChI=1S/C8H2F17NO3S.C2H6O/c9-1(10,3(13,14)5(17,18)7(21,22)23)2(11,12)4(15,16)6(19,20)8(24,25)29-30(26,27)28;1-2-3/h(H2,26,27,28);3H,2H2,1H3. The molecule has 23 heteroatoms. The van der Waals surface area contributed by atoms with Crippen LogP contribution in [0.4, 0.5) is 74.6 Å². The summed E-state index contributed by atoms with van der Waals surface area (Å²) >= 11 is 0. The molecule has 5 nitrogen and oxygen atoms in total. The average Bonchev–Trinajstić information content (AvgIpc) is 2.51. The number of hydrogen-bond acceptors (Lipinski definition) is 4. The molecule has 0 aromatic heterocycles. The maximum atomic E-state index is 13.1. The monoisotopic (exact) mass is 561 g/mol. The Balaban J connectivity index is 0. The SMILES string of the molecule is CCO.NS(=O)(=O)OC(F)(F)C(F)(F)C(F)(F)C(F)(F)C(F)(F)C(F)(F)C(F)(F)C(F)(F)F. The zero-order valence-corrected chi connectivity index (χ0v) is 15.6. The van der Waals surface area contributed by atoms with Crippen molar-refractivity contribution in [2.24, 2.45) is 5.14 Å². The lowest BCUT2D eigenvalue weighted by atomic mass is 9.91. The fraction of sp³-hybridized carbons (Fsp3) is 1.00. The lowest BCUT2D eigenvalue weighted by molar-refractivity contribution is -0.471. The second-order valence-corrected chi connectivity index (χ2v) is 6.51. The maximum absolute atomic E-state index is 13.1. The maximum Gasteiger partial charge on any atom is 0.460 e. The molecule has 0 fully saturated rings. The van der Waals surface area contributed by atoms with Crippen molar-refractivity contribution in [3.8, 4) is 0 Å². The van der Waals surface area contributed by atoms with E-state index in [1.54, 1.807) is 11.1 Å². The molecule has 0 bridgehead atoms. The van der Waals surface area contributed by atoms with Gasteiger partial charge in [0.2, 0.25) is 0 Å². The van der Waals surface area contributed by atoms with Crippen LogP contribution in [0, 0.1) is 0 Å². The molecule has 33 heavy (non-hydrogen) atoms. The molecule has 0 unspecified atom stereocenters. The number of alkyl halides is 17. The van der Waals surface area contributed by atoms with E-state index < -0.39 is 58.1 Å². The highest BCUT2D eigenvalue weighted by Gasteiger charge is 2.95. The second kappa shape index (κ2) is 9.02. The van der Waals surface area contributed by atoms with Gasteiger partial charge in [0, 0.05) is 6.61 Å². The van der Waals surface area contributed by atoms with Crippen LogP contribution in [0.1, 0.15) is 6.92 Å². The summed E-state index contributed by atoms with van der Waals surface area (Å²) in [4.78, 5) is 0. The minimum atomic E-state index is -8.83. The fourth-order valence-corrected chi connectivity index (χ4v) is 1.74. The van der Waals surface area contributed by atoms with E-state index in [0.29, 0.717) is 0 Å². The first-order valence-corrected chi connectivity index (χ1v) is 8.40. The Bertz CT molecular complexity index is 775. The smallest absolute Gasteiger partial charge is 0.397 e. The Hall–Kier alpha value is -1.36. The molecule has 0 aliphatic carbocycles. The van der Waals surface area contributed by atoms with Gasteiger partial charge in [0.05, 0.1) is 0 Å². The summed E-state index contributed by atoms with van der Waals surface area (Å²) in [6.07, 6.45) is -15.4. The lowest BCUT2D eigenvalue weighted by Gasteiger charge is -2.42. The number of aliphatic hydroxyl groups excluding tert-OH is 1. The Morgan fingerprint density at radius 2 is 0.818 bits per heavy atom. The number of halogens is 17. The summed E-state index contributed by atoms with van der Waals surface area (Å²) in [6.45, 7) is 1.93. The zero-order chi connectivity index (χ0) is 27.9. The van der Waals surface area contributed by atoms with Crippen molar-refractivity contribution in [1.82, 2.24) is 0 Å². The predicted molar refractivity (Wildman–Crippen MR) is 67.6 cm³/mol. The molecular weight excluding hydrogens is 553 g/mol. The third kappa shape index (κ3) is 5.49. The van der Waals surface area contributed by atoms with E-state index in [1.807, 2.05) is 0 Å². The van der Waals surface area contributed by atoms with Crippen molar-refractivity contribution in [3.63, 3.8) is 0 Å². The molecule has 0 aromatic carbocycles. The third-order valence-electron chi connectivity index (χ3n) is 2.91. The second-order valence-electron chi connectivity index (χ2n) is 5.35. The van der Waals surface area contributed by atoms with Gasteiger partial charge in [0.15, 0.2) is 0 Å². The number of rotatable bonds is 8. The first kappa shape index (κ1) is 33.8. The fourth-order valence-electron chi connectivity index (χ4n) is 1.35. The largest absolute Gasteiger partial charge is 0.460 e. The van der Waals surface area contributed by atoms with Gasteiger partial charge in [-0.15, -0.1) is 0 Å². The van der Waals surface area contributed by atoms with E-state index in [0.717, 1.165) is 0 Å². The molecule has 0 saturated heterocycles. The van der Waals surface area contributed by atoms with Crippen LogP contribution in [-0.4, -0.2) is 68.0 Å². The highest BCUT2D eigenvalue weighted by atomic mass is 32.2. The molecule has 0 aliphatic heterocycles. The van der Waals surface area contributed by atoms with E-state index in [2.05, 4.69) is 5.14 Å². The topological polar surface area (TPSA) is 89.6 Å². The normalized spacial score (nSPS) is 15.8. The van der Waals surface area contributed by atoms with Gasteiger partial charge in [-0.05, 0) is 6.92 Å². The van der Waals surface area contributed by atoms with Crippen LogP contribution in [-0.2, 0) is 14.5 Å². The predicted octanol–water partition coefficient (Wildman–Crippen LogP) is 4.17. The Kier molecular flexibility index (Phi) is 9.24. The van der Waals surface area contributed by atoms with Gasteiger partial charge in [-0.1, -0.05) is 0 Å². The minimum absolute atomic E-state index is 0.250. The first-order valence-electron chi connectivity index (χ1n) is 6.93. The third-order valence-corrected chi connectivity index (χ3v) is 3.36. The Labute approximate surface area is 170 Å². The van der Waals surface area contributed by atoms with Crippen molar-refractivity contribution < 1.29 is 92.3 Å². The van der Waals surface area contributed by atoms with Crippen LogP contribution in [0.2, 0.25) is 0 Å². The molecule has 0 spiro atoms. The van der Waals surface area contributed by atoms with Gasteiger partial charge < -0.3 is 5.11 Å².